The zero-order valence-corrected chi connectivity index (χ0v) is 12.3. The highest BCUT2D eigenvalue weighted by Crippen LogP contribution is 2.29. The van der Waals surface area contributed by atoms with Crippen LogP contribution in [0.25, 0.3) is 10.9 Å². The quantitative estimate of drug-likeness (QED) is 0.731. The average molecular weight is 312 g/mol. The summed E-state index contributed by atoms with van der Waals surface area (Å²) in [6, 6.07) is 10.2. The number of amides is 1. The van der Waals surface area contributed by atoms with Crippen molar-refractivity contribution in [2.45, 2.75) is 13.0 Å². The van der Waals surface area contributed by atoms with Crippen LogP contribution >= 0.6 is 0 Å². The molecule has 0 atom stereocenters. The Morgan fingerprint density at radius 3 is 2.57 bits per heavy atom. The number of aromatic amines is 1. The summed E-state index contributed by atoms with van der Waals surface area (Å²) in [4.78, 5) is 17.6. The van der Waals surface area contributed by atoms with E-state index in [9.17, 15) is 13.6 Å². The number of carbonyl (C=O) groups excluding carboxylic acids is 1. The third-order valence-electron chi connectivity index (χ3n) is 4.32. The molecule has 1 aromatic heterocycles. The molecule has 1 aliphatic rings. The fraction of sp³-hybridized carbons (Fsp3) is 0.167. The van der Waals surface area contributed by atoms with Gasteiger partial charge >= 0.3 is 0 Å². The highest BCUT2D eigenvalue weighted by atomic mass is 19.1. The van der Waals surface area contributed by atoms with Gasteiger partial charge in [-0.3, -0.25) is 4.79 Å². The third-order valence-corrected chi connectivity index (χ3v) is 4.32. The number of nitrogens with one attached hydrogen (secondary N) is 1. The second-order valence-corrected chi connectivity index (χ2v) is 5.76. The van der Waals surface area contributed by atoms with Gasteiger partial charge in [0.15, 0.2) is 0 Å². The van der Waals surface area contributed by atoms with Crippen molar-refractivity contribution in [1.82, 2.24) is 9.88 Å². The molecule has 2 heterocycles. The van der Waals surface area contributed by atoms with Crippen molar-refractivity contribution in [3.05, 3.63) is 70.9 Å². The van der Waals surface area contributed by atoms with Crippen LogP contribution in [-0.4, -0.2) is 22.3 Å². The molecule has 4 rings (SSSR count). The van der Waals surface area contributed by atoms with Crippen LogP contribution in [0, 0.1) is 11.6 Å². The average Bonchev–Trinajstić information content (AvgIpc) is 2.92. The fourth-order valence-corrected chi connectivity index (χ4v) is 3.13. The Hall–Kier alpha value is -2.69. The summed E-state index contributed by atoms with van der Waals surface area (Å²) in [5.74, 6) is -0.794. The summed E-state index contributed by atoms with van der Waals surface area (Å²) < 4.78 is 26.5. The topological polar surface area (TPSA) is 36.1 Å². The number of aromatic nitrogens is 1. The van der Waals surface area contributed by atoms with Crippen molar-refractivity contribution in [1.29, 1.82) is 0 Å². The molecule has 0 radical (unpaired) electrons. The van der Waals surface area contributed by atoms with E-state index in [2.05, 4.69) is 4.98 Å². The Balaban J connectivity index is 1.67. The van der Waals surface area contributed by atoms with E-state index in [1.54, 1.807) is 11.0 Å². The molecule has 1 amide bonds. The maximum atomic E-state index is 13.5. The molecule has 0 aliphatic carbocycles. The molecule has 3 nitrogen and oxygen atoms in total. The predicted octanol–water partition coefficient (Wildman–Crippen LogP) is 3.64. The zero-order chi connectivity index (χ0) is 16.0. The van der Waals surface area contributed by atoms with E-state index >= 15 is 0 Å². The third kappa shape index (κ3) is 2.38. The van der Waals surface area contributed by atoms with Crippen LogP contribution in [0.4, 0.5) is 8.78 Å². The second kappa shape index (κ2) is 5.19. The van der Waals surface area contributed by atoms with Gasteiger partial charge in [0.05, 0.1) is 0 Å². The van der Waals surface area contributed by atoms with E-state index in [1.165, 1.54) is 36.4 Å². The Morgan fingerprint density at radius 1 is 1.04 bits per heavy atom. The first-order chi connectivity index (χ1) is 11.1. The van der Waals surface area contributed by atoms with E-state index in [0.717, 1.165) is 22.2 Å². The molecular formula is C18H14F2N2O. The summed E-state index contributed by atoms with van der Waals surface area (Å²) in [5, 5.41) is 0.816. The number of hydrogen-bond donors (Lipinski definition) is 1. The van der Waals surface area contributed by atoms with E-state index in [0.29, 0.717) is 25.1 Å². The van der Waals surface area contributed by atoms with E-state index in [1.807, 2.05) is 0 Å². The number of nitrogens with zero attached hydrogens (tertiary/aromatic N) is 1. The summed E-state index contributed by atoms with van der Waals surface area (Å²) >= 11 is 0. The van der Waals surface area contributed by atoms with Crippen LogP contribution in [-0.2, 0) is 13.0 Å². The fourth-order valence-electron chi connectivity index (χ4n) is 3.13. The molecule has 0 unspecified atom stereocenters. The van der Waals surface area contributed by atoms with Gasteiger partial charge in [-0.15, -0.1) is 0 Å². The first-order valence-corrected chi connectivity index (χ1v) is 7.45. The minimum absolute atomic E-state index is 0.138. The molecule has 23 heavy (non-hydrogen) atoms. The number of hydrogen-bond acceptors (Lipinski definition) is 1. The van der Waals surface area contributed by atoms with Gasteiger partial charge in [-0.25, -0.2) is 8.78 Å². The number of H-pyrrole nitrogens is 1. The molecule has 0 fully saturated rings. The van der Waals surface area contributed by atoms with Crippen LogP contribution in [0.5, 0.6) is 0 Å². The normalized spacial score (nSPS) is 14.1. The minimum atomic E-state index is -0.366. The van der Waals surface area contributed by atoms with Crippen molar-refractivity contribution < 1.29 is 13.6 Å². The van der Waals surface area contributed by atoms with Gasteiger partial charge in [0.2, 0.25) is 0 Å². The van der Waals surface area contributed by atoms with Crippen molar-refractivity contribution in [2.24, 2.45) is 0 Å². The van der Waals surface area contributed by atoms with E-state index in [-0.39, 0.29) is 17.5 Å². The summed E-state index contributed by atoms with van der Waals surface area (Å²) in [7, 11) is 0. The monoisotopic (exact) mass is 312 g/mol. The molecule has 0 saturated carbocycles. The molecule has 0 spiro atoms. The lowest BCUT2D eigenvalue weighted by Crippen LogP contribution is -2.35. The molecule has 116 valence electrons. The van der Waals surface area contributed by atoms with E-state index in [4.69, 9.17) is 0 Å². The van der Waals surface area contributed by atoms with Gasteiger partial charge in [-0.1, -0.05) is 0 Å². The van der Waals surface area contributed by atoms with Crippen molar-refractivity contribution >= 4 is 16.8 Å². The highest BCUT2D eigenvalue weighted by molar-refractivity contribution is 5.95. The van der Waals surface area contributed by atoms with Gasteiger partial charge in [0.25, 0.3) is 5.91 Å². The van der Waals surface area contributed by atoms with Crippen LogP contribution in [0.1, 0.15) is 21.6 Å². The highest BCUT2D eigenvalue weighted by Gasteiger charge is 2.25. The lowest BCUT2D eigenvalue weighted by molar-refractivity contribution is 0.0735. The van der Waals surface area contributed by atoms with Crippen LogP contribution < -0.4 is 0 Å². The maximum absolute atomic E-state index is 13.5. The molecule has 3 aromatic rings. The van der Waals surface area contributed by atoms with Crippen molar-refractivity contribution in [2.75, 3.05) is 6.54 Å². The zero-order valence-electron chi connectivity index (χ0n) is 12.3. The molecule has 0 bridgehead atoms. The van der Waals surface area contributed by atoms with Gasteiger partial charge in [-0.05, 0) is 42.5 Å². The van der Waals surface area contributed by atoms with Gasteiger partial charge in [-0.2, -0.15) is 0 Å². The first-order valence-electron chi connectivity index (χ1n) is 7.45. The van der Waals surface area contributed by atoms with Crippen LogP contribution in [0.3, 0.4) is 0 Å². The van der Waals surface area contributed by atoms with E-state index < -0.39 is 0 Å². The second-order valence-electron chi connectivity index (χ2n) is 5.76. The number of fused-ring (bicyclic) bond motifs is 3. The van der Waals surface area contributed by atoms with Crippen molar-refractivity contribution in [3.8, 4) is 0 Å². The van der Waals surface area contributed by atoms with Crippen LogP contribution in [0.15, 0.2) is 42.5 Å². The molecule has 5 heteroatoms. The smallest absolute Gasteiger partial charge is 0.254 e. The summed E-state index contributed by atoms with van der Waals surface area (Å²) in [5.41, 5.74) is 3.35. The first kappa shape index (κ1) is 13.9. The Bertz CT molecular complexity index is 899. The van der Waals surface area contributed by atoms with Crippen LogP contribution in [0.2, 0.25) is 0 Å². The number of benzene rings is 2. The number of carbonyl (C=O) groups is 1. The number of rotatable bonds is 1. The summed E-state index contributed by atoms with van der Waals surface area (Å²) in [6.45, 7) is 1.01. The Kier molecular flexibility index (Phi) is 3.15. The predicted molar refractivity (Wildman–Crippen MR) is 83.1 cm³/mol. The van der Waals surface area contributed by atoms with Gasteiger partial charge < -0.3 is 9.88 Å². The Labute approximate surface area is 131 Å². The lowest BCUT2D eigenvalue weighted by atomic mass is 10.0. The van der Waals surface area contributed by atoms with Crippen molar-refractivity contribution in [3.63, 3.8) is 0 Å². The largest absolute Gasteiger partial charge is 0.358 e. The minimum Gasteiger partial charge on any atom is -0.358 e. The number of halogens is 2. The van der Waals surface area contributed by atoms with Gasteiger partial charge in [0, 0.05) is 47.2 Å². The van der Waals surface area contributed by atoms with Gasteiger partial charge in [0.1, 0.15) is 11.6 Å². The summed E-state index contributed by atoms with van der Waals surface area (Å²) in [6.07, 6.45) is 0.693. The molecule has 1 N–H and O–H groups in total. The molecule has 1 aliphatic heterocycles. The lowest BCUT2D eigenvalue weighted by Gasteiger charge is -2.27. The molecular weight excluding hydrogens is 298 g/mol. The standard InChI is InChI=1S/C18H14F2N2O/c19-12-3-1-11(2-4-12)18(23)22-8-7-17-15(10-22)14-9-13(20)5-6-16(14)21-17/h1-6,9,21H,7-8,10H2. The SMILES string of the molecule is O=C(c1ccc(F)cc1)N1CCc2[nH]c3ccc(F)cc3c2C1. The maximum Gasteiger partial charge on any atom is 0.254 e. The molecule has 2 aromatic carbocycles. The molecule has 0 saturated heterocycles. The Morgan fingerprint density at radius 2 is 1.78 bits per heavy atom.